The van der Waals surface area contributed by atoms with Crippen LogP contribution >= 0.6 is 0 Å². The monoisotopic (exact) mass is 288 g/mol. The quantitative estimate of drug-likeness (QED) is 0.787. The molecule has 1 aromatic carbocycles. The highest BCUT2D eigenvalue weighted by molar-refractivity contribution is 5.89. The number of aliphatic hydroxyl groups is 1. The van der Waals surface area contributed by atoms with Gasteiger partial charge in [-0.2, -0.15) is 5.10 Å². The van der Waals surface area contributed by atoms with Crippen molar-refractivity contribution < 1.29 is 9.90 Å². The van der Waals surface area contributed by atoms with Gasteiger partial charge in [-0.15, -0.1) is 0 Å². The second-order valence-corrected chi connectivity index (χ2v) is 4.79. The van der Waals surface area contributed by atoms with Crippen molar-refractivity contribution in [1.29, 1.82) is 0 Å². The summed E-state index contributed by atoms with van der Waals surface area (Å²) in [4.78, 5) is 11.8. The van der Waals surface area contributed by atoms with Crippen LogP contribution in [0.15, 0.2) is 36.4 Å². The van der Waals surface area contributed by atoms with Gasteiger partial charge in [0.15, 0.2) is 5.82 Å². The van der Waals surface area contributed by atoms with Crippen molar-refractivity contribution in [3.8, 4) is 11.3 Å². The molecular formula is C15H20N4O2. The molecule has 0 saturated heterocycles. The number of aryl methyl sites for hydroxylation is 1. The molecule has 0 aliphatic heterocycles. The average Bonchev–Trinajstić information content (AvgIpc) is 2.86. The summed E-state index contributed by atoms with van der Waals surface area (Å²) in [5, 5.41) is 18.7. The molecule has 3 N–H and O–H groups in total. The molecule has 2 aromatic rings. The van der Waals surface area contributed by atoms with Crippen molar-refractivity contribution in [2.24, 2.45) is 7.05 Å². The first-order valence-corrected chi connectivity index (χ1v) is 6.92. The number of hydrogen-bond donors (Lipinski definition) is 3. The number of carbonyl (C=O) groups is 1. The number of nitrogens with zero attached hydrogens (tertiary/aromatic N) is 2. The molecule has 6 nitrogen and oxygen atoms in total. The summed E-state index contributed by atoms with van der Waals surface area (Å²) >= 11 is 0. The number of aliphatic hydroxyl groups excluding tert-OH is 1. The Balaban J connectivity index is 2.07. The van der Waals surface area contributed by atoms with Crippen LogP contribution in [-0.2, 0) is 7.05 Å². The minimum absolute atomic E-state index is 0.0819. The smallest absolute Gasteiger partial charge is 0.320 e. The number of nitrogens with one attached hydrogen (secondary N) is 2. The lowest BCUT2D eigenvalue weighted by Crippen LogP contribution is -2.39. The molecule has 1 heterocycles. The molecule has 112 valence electrons. The second kappa shape index (κ2) is 6.90. The number of aromatic nitrogens is 2. The highest BCUT2D eigenvalue weighted by atomic mass is 16.3. The zero-order valence-corrected chi connectivity index (χ0v) is 12.2. The number of carbonyl (C=O) groups excluding carboxylic acids is 1. The number of anilines is 1. The van der Waals surface area contributed by atoms with Crippen molar-refractivity contribution in [1.82, 2.24) is 15.1 Å². The van der Waals surface area contributed by atoms with E-state index in [1.165, 1.54) is 0 Å². The van der Waals surface area contributed by atoms with E-state index in [1.807, 2.05) is 50.4 Å². The summed E-state index contributed by atoms with van der Waals surface area (Å²) in [5.74, 6) is 0.474. The Hall–Kier alpha value is -2.34. The fourth-order valence-corrected chi connectivity index (χ4v) is 2.02. The maximum Gasteiger partial charge on any atom is 0.320 e. The number of benzene rings is 1. The normalized spacial score (nSPS) is 12.0. The number of urea groups is 1. The molecule has 0 saturated carbocycles. The van der Waals surface area contributed by atoms with Crippen molar-refractivity contribution in [2.45, 2.75) is 19.4 Å². The summed E-state index contributed by atoms with van der Waals surface area (Å²) in [5.41, 5.74) is 1.95. The SMILES string of the molecule is CCC(CO)NC(=O)Nc1cc(-c2ccccc2)n(C)n1. The second-order valence-electron chi connectivity index (χ2n) is 4.79. The molecule has 6 heteroatoms. The van der Waals surface area contributed by atoms with E-state index in [-0.39, 0.29) is 18.7 Å². The van der Waals surface area contributed by atoms with Gasteiger partial charge in [0.1, 0.15) is 0 Å². The molecular weight excluding hydrogens is 268 g/mol. The first kappa shape index (κ1) is 15.1. The molecule has 0 aliphatic rings. The van der Waals surface area contributed by atoms with Crippen LogP contribution in [0.2, 0.25) is 0 Å². The van der Waals surface area contributed by atoms with Gasteiger partial charge in [0.2, 0.25) is 0 Å². The van der Waals surface area contributed by atoms with Crippen LogP contribution in [0.3, 0.4) is 0 Å². The molecule has 0 bridgehead atoms. The predicted octanol–water partition coefficient (Wildman–Crippen LogP) is 1.98. The van der Waals surface area contributed by atoms with Gasteiger partial charge >= 0.3 is 6.03 Å². The van der Waals surface area contributed by atoms with Gasteiger partial charge in [-0.3, -0.25) is 10.00 Å². The Morgan fingerprint density at radius 1 is 1.38 bits per heavy atom. The molecule has 0 fully saturated rings. The van der Waals surface area contributed by atoms with Gasteiger partial charge in [0.25, 0.3) is 0 Å². The van der Waals surface area contributed by atoms with Gasteiger partial charge in [-0.05, 0) is 12.0 Å². The standard InChI is InChI=1S/C15H20N4O2/c1-3-12(10-20)16-15(21)17-14-9-13(19(2)18-14)11-7-5-4-6-8-11/h4-9,12,20H,3,10H2,1-2H3,(H2,16,17,18,21). The van der Waals surface area contributed by atoms with E-state index in [0.717, 1.165) is 11.3 Å². The largest absolute Gasteiger partial charge is 0.394 e. The Bertz CT molecular complexity index is 591. The Morgan fingerprint density at radius 3 is 2.71 bits per heavy atom. The van der Waals surface area contributed by atoms with E-state index >= 15 is 0 Å². The van der Waals surface area contributed by atoms with E-state index in [4.69, 9.17) is 5.11 Å². The Kier molecular flexibility index (Phi) is 4.94. The topological polar surface area (TPSA) is 79.2 Å². The van der Waals surface area contributed by atoms with Crippen molar-refractivity contribution in [3.05, 3.63) is 36.4 Å². The van der Waals surface area contributed by atoms with Gasteiger partial charge in [0, 0.05) is 13.1 Å². The van der Waals surface area contributed by atoms with E-state index in [0.29, 0.717) is 12.2 Å². The van der Waals surface area contributed by atoms with Crippen molar-refractivity contribution >= 4 is 11.8 Å². The third kappa shape index (κ3) is 3.82. The fourth-order valence-electron chi connectivity index (χ4n) is 2.02. The van der Waals surface area contributed by atoms with E-state index < -0.39 is 0 Å². The van der Waals surface area contributed by atoms with Crippen LogP contribution in [-0.4, -0.2) is 33.6 Å². The maximum atomic E-state index is 11.8. The Labute approximate surface area is 123 Å². The summed E-state index contributed by atoms with van der Waals surface area (Å²) in [6.45, 7) is 1.82. The maximum absolute atomic E-state index is 11.8. The van der Waals surface area contributed by atoms with E-state index in [1.54, 1.807) is 4.68 Å². The lowest BCUT2D eigenvalue weighted by molar-refractivity contribution is 0.222. The van der Waals surface area contributed by atoms with Gasteiger partial charge in [0.05, 0.1) is 18.3 Å². The first-order chi connectivity index (χ1) is 10.1. The van der Waals surface area contributed by atoms with Gasteiger partial charge in [-0.1, -0.05) is 37.3 Å². The third-order valence-electron chi connectivity index (χ3n) is 3.24. The van der Waals surface area contributed by atoms with Crippen molar-refractivity contribution in [3.63, 3.8) is 0 Å². The molecule has 1 atom stereocenters. The summed E-state index contributed by atoms with van der Waals surface area (Å²) in [6.07, 6.45) is 0.668. The molecule has 1 aromatic heterocycles. The van der Waals surface area contributed by atoms with Crippen LogP contribution in [0, 0.1) is 0 Å². The molecule has 1 unspecified atom stereocenters. The lowest BCUT2D eigenvalue weighted by atomic mass is 10.1. The van der Waals surface area contributed by atoms with E-state index in [2.05, 4.69) is 15.7 Å². The third-order valence-corrected chi connectivity index (χ3v) is 3.24. The van der Waals surface area contributed by atoms with Gasteiger partial charge < -0.3 is 10.4 Å². The number of amides is 2. The van der Waals surface area contributed by atoms with Crippen LogP contribution in [0.4, 0.5) is 10.6 Å². The minimum Gasteiger partial charge on any atom is -0.394 e. The summed E-state index contributed by atoms with van der Waals surface area (Å²) in [6, 6.07) is 11.0. The summed E-state index contributed by atoms with van der Waals surface area (Å²) < 4.78 is 1.72. The zero-order valence-electron chi connectivity index (χ0n) is 12.2. The number of rotatable bonds is 5. The van der Waals surface area contributed by atoms with Crippen LogP contribution in [0.25, 0.3) is 11.3 Å². The highest BCUT2D eigenvalue weighted by Gasteiger charge is 2.12. The predicted molar refractivity (Wildman–Crippen MR) is 82.0 cm³/mol. The molecule has 0 radical (unpaired) electrons. The van der Waals surface area contributed by atoms with Crippen LogP contribution in [0.5, 0.6) is 0 Å². The molecule has 2 amide bonds. The first-order valence-electron chi connectivity index (χ1n) is 6.92. The summed E-state index contributed by atoms with van der Waals surface area (Å²) in [7, 11) is 1.83. The average molecular weight is 288 g/mol. The molecule has 2 rings (SSSR count). The number of hydrogen-bond acceptors (Lipinski definition) is 3. The molecule has 0 spiro atoms. The van der Waals surface area contributed by atoms with Gasteiger partial charge in [-0.25, -0.2) is 4.79 Å². The minimum atomic E-state index is -0.367. The Morgan fingerprint density at radius 2 is 2.10 bits per heavy atom. The highest BCUT2D eigenvalue weighted by Crippen LogP contribution is 2.21. The van der Waals surface area contributed by atoms with Crippen LogP contribution in [0.1, 0.15) is 13.3 Å². The fraction of sp³-hybridized carbons (Fsp3) is 0.333. The molecule has 21 heavy (non-hydrogen) atoms. The zero-order chi connectivity index (χ0) is 15.2. The van der Waals surface area contributed by atoms with E-state index in [9.17, 15) is 4.79 Å². The van der Waals surface area contributed by atoms with Crippen molar-refractivity contribution in [2.75, 3.05) is 11.9 Å². The van der Waals surface area contributed by atoms with Crippen LogP contribution < -0.4 is 10.6 Å². The lowest BCUT2D eigenvalue weighted by Gasteiger charge is -2.13. The molecule has 0 aliphatic carbocycles.